The van der Waals surface area contributed by atoms with Gasteiger partial charge in [-0.15, -0.1) is 0 Å². The Morgan fingerprint density at radius 1 is 1.42 bits per heavy atom. The summed E-state index contributed by atoms with van der Waals surface area (Å²) in [6.45, 7) is 5.33. The Balaban J connectivity index is 2.34. The fourth-order valence-corrected chi connectivity index (χ4v) is 3.89. The molecule has 1 N–H and O–H groups in total. The second kappa shape index (κ2) is 5.48. The molecule has 0 unspecified atom stereocenters. The lowest BCUT2D eigenvalue weighted by atomic mass is 10.2. The molecule has 0 bridgehead atoms. The first-order valence-electron chi connectivity index (χ1n) is 6.44. The van der Waals surface area contributed by atoms with Crippen molar-refractivity contribution in [3.63, 3.8) is 0 Å². The first-order valence-corrected chi connectivity index (χ1v) is 7.88. The highest BCUT2D eigenvalue weighted by Crippen LogP contribution is 2.22. The Labute approximate surface area is 114 Å². The van der Waals surface area contributed by atoms with Gasteiger partial charge in [-0.25, -0.2) is 8.42 Å². The molecular weight excluding hydrogens is 264 g/mol. The van der Waals surface area contributed by atoms with Crippen molar-refractivity contribution >= 4 is 10.0 Å². The average molecular weight is 284 g/mol. The maximum absolute atomic E-state index is 12.5. The van der Waals surface area contributed by atoms with Crippen LogP contribution in [0.15, 0.2) is 28.8 Å². The van der Waals surface area contributed by atoms with Crippen LogP contribution < -0.4 is 0 Å². The zero-order valence-electron chi connectivity index (χ0n) is 11.3. The Hall–Kier alpha value is -1.11. The van der Waals surface area contributed by atoms with Gasteiger partial charge in [0, 0.05) is 31.5 Å². The summed E-state index contributed by atoms with van der Waals surface area (Å²) in [6.07, 6.45) is 4.43. The quantitative estimate of drug-likeness (QED) is 0.849. The van der Waals surface area contributed by atoms with Crippen molar-refractivity contribution < 1.29 is 13.5 Å². The van der Waals surface area contributed by atoms with Gasteiger partial charge in [-0.05, 0) is 26.3 Å². The zero-order valence-corrected chi connectivity index (χ0v) is 12.2. The summed E-state index contributed by atoms with van der Waals surface area (Å²) < 4.78 is 28.3. The Morgan fingerprint density at radius 3 is 2.68 bits per heavy atom. The van der Waals surface area contributed by atoms with Crippen LogP contribution in [0.2, 0.25) is 0 Å². The number of sulfonamides is 1. The zero-order chi connectivity index (χ0) is 14.0. The molecule has 2 rings (SSSR count). The van der Waals surface area contributed by atoms with Crippen LogP contribution in [0.4, 0.5) is 0 Å². The molecule has 0 aliphatic carbocycles. The molecule has 1 aliphatic rings. The van der Waals surface area contributed by atoms with Crippen LogP contribution in [0, 0.1) is 0 Å². The Kier molecular flexibility index (Phi) is 4.13. The number of rotatable bonds is 4. The third kappa shape index (κ3) is 2.75. The minimum absolute atomic E-state index is 0.151. The molecule has 19 heavy (non-hydrogen) atoms. The first kappa shape index (κ1) is 14.3. The fourth-order valence-electron chi connectivity index (χ4n) is 2.32. The molecule has 0 saturated heterocycles. The second-order valence-electron chi connectivity index (χ2n) is 4.79. The summed E-state index contributed by atoms with van der Waals surface area (Å²) in [7, 11) is -3.46. The van der Waals surface area contributed by atoms with Gasteiger partial charge in [-0.1, -0.05) is 11.6 Å². The summed E-state index contributed by atoms with van der Waals surface area (Å²) in [5.41, 5.74) is 1.71. The van der Waals surface area contributed by atoms with Crippen LogP contribution in [0.25, 0.3) is 0 Å². The summed E-state index contributed by atoms with van der Waals surface area (Å²) in [6, 6.07) is 1.56. The van der Waals surface area contributed by atoms with Crippen molar-refractivity contribution in [1.82, 2.24) is 8.87 Å². The number of hydrogen-bond donors (Lipinski definition) is 1. The van der Waals surface area contributed by atoms with Crippen LogP contribution in [0.5, 0.6) is 0 Å². The third-order valence-corrected chi connectivity index (χ3v) is 5.21. The van der Waals surface area contributed by atoms with Gasteiger partial charge in [0.15, 0.2) is 0 Å². The topological polar surface area (TPSA) is 62.5 Å². The van der Waals surface area contributed by atoms with Gasteiger partial charge < -0.3 is 9.67 Å². The number of aliphatic hydroxyl groups excluding tert-OH is 1. The van der Waals surface area contributed by atoms with Crippen molar-refractivity contribution in [2.45, 2.75) is 38.3 Å². The molecule has 106 valence electrons. The van der Waals surface area contributed by atoms with Gasteiger partial charge in [0.1, 0.15) is 4.90 Å². The lowest BCUT2D eigenvalue weighted by Gasteiger charge is -2.24. The van der Waals surface area contributed by atoms with E-state index in [1.807, 2.05) is 13.8 Å². The van der Waals surface area contributed by atoms with Gasteiger partial charge in [-0.3, -0.25) is 0 Å². The van der Waals surface area contributed by atoms with Gasteiger partial charge in [0.2, 0.25) is 10.0 Å². The minimum Gasteiger partial charge on any atom is -0.390 e. The van der Waals surface area contributed by atoms with Crippen molar-refractivity contribution in [2.24, 2.45) is 0 Å². The second-order valence-corrected chi connectivity index (χ2v) is 6.73. The SMILES string of the molecule is CCn1cc(S(=O)(=O)N2CCC=C(C)C2)cc1CO. The van der Waals surface area contributed by atoms with E-state index in [0.717, 1.165) is 12.0 Å². The van der Waals surface area contributed by atoms with E-state index < -0.39 is 10.0 Å². The summed E-state index contributed by atoms with van der Waals surface area (Å²) in [5.74, 6) is 0. The normalized spacial score (nSPS) is 17.5. The monoisotopic (exact) mass is 284 g/mol. The number of aliphatic hydroxyl groups is 1. The standard InChI is InChI=1S/C13H20N2O3S/c1-3-14-9-13(7-12(14)10-16)19(17,18)15-6-4-5-11(2)8-15/h5,7,9,16H,3-4,6,8,10H2,1-2H3. The average Bonchev–Trinajstić information content (AvgIpc) is 2.82. The molecule has 2 heterocycles. The molecule has 0 spiro atoms. The molecule has 5 nitrogen and oxygen atoms in total. The Bertz CT molecular complexity index is 566. The number of nitrogens with zero attached hydrogens (tertiary/aromatic N) is 2. The first-order chi connectivity index (χ1) is 8.98. The van der Waals surface area contributed by atoms with E-state index in [9.17, 15) is 13.5 Å². The molecule has 0 radical (unpaired) electrons. The van der Waals surface area contributed by atoms with E-state index in [2.05, 4.69) is 6.08 Å². The predicted molar refractivity (Wildman–Crippen MR) is 73.2 cm³/mol. The van der Waals surface area contributed by atoms with E-state index in [-0.39, 0.29) is 11.5 Å². The molecule has 0 aromatic carbocycles. The largest absolute Gasteiger partial charge is 0.390 e. The molecular formula is C13H20N2O3S. The molecule has 0 amide bonds. The van der Waals surface area contributed by atoms with Gasteiger partial charge in [-0.2, -0.15) is 4.31 Å². The number of hydrogen-bond acceptors (Lipinski definition) is 3. The minimum atomic E-state index is -3.46. The van der Waals surface area contributed by atoms with Crippen LogP contribution in [0.3, 0.4) is 0 Å². The number of aryl methyl sites for hydroxylation is 1. The summed E-state index contributed by atoms with van der Waals surface area (Å²) in [5, 5.41) is 9.24. The maximum atomic E-state index is 12.5. The molecule has 1 aliphatic heterocycles. The fraction of sp³-hybridized carbons (Fsp3) is 0.538. The van der Waals surface area contributed by atoms with Gasteiger partial charge >= 0.3 is 0 Å². The predicted octanol–water partition coefficient (Wildman–Crippen LogP) is 1.34. The lowest BCUT2D eigenvalue weighted by molar-refractivity contribution is 0.271. The van der Waals surface area contributed by atoms with Gasteiger partial charge in [0.05, 0.1) is 6.61 Å². The van der Waals surface area contributed by atoms with Crippen molar-refractivity contribution in [1.29, 1.82) is 0 Å². The molecule has 0 atom stereocenters. The lowest BCUT2D eigenvalue weighted by Crippen LogP contribution is -2.35. The Morgan fingerprint density at radius 2 is 2.16 bits per heavy atom. The highest BCUT2D eigenvalue weighted by molar-refractivity contribution is 7.89. The van der Waals surface area contributed by atoms with Crippen LogP contribution >= 0.6 is 0 Å². The van der Waals surface area contributed by atoms with E-state index in [0.29, 0.717) is 25.3 Å². The molecule has 0 saturated carbocycles. The van der Waals surface area contributed by atoms with Crippen LogP contribution in [-0.2, 0) is 23.2 Å². The summed E-state index contributed by atoms with van der Waals surface area (Å²) in [4.78, 5) is 0.271. The maximum Gasteiger partial charge on any atom is 0.244 e. The van der Waals surface area contributed by atoms with Gasteiger partial charge in [0.25, 0.3) is 0 Å². The van der Waals surface area contributed by atoms with E-state index >= 15 is 0 Å². The van der Waals surface area contributed by atoms with Crippen LogP contribution in [0.1, 0.15) is 26.0 Å². The summed E-state index contributed by atoms with van der Waals surface area (Å²) >= 11 is 0. The van der Waals surface area contributed by atoms with Crippen LogP contribution in [-0.4, -0.2) is 35.5 Å². The number of aromatic nitrogens is 1. The smallest absolute Gasteiger partial charge is 0.244 e. The van der Waals surface area contributed by atoms with E-state index in [4.69, 9.17) is 0 Å². The molecule has 0 fully saturated rings. The molecule has 1 aromatic heterocycles. The highest BCUT2D eigenvalue weighted by Gasteiger charge is 2.27. The molecule has 6 heteroatoms. The highest BCUT2D eigenvalue weighted by atomic mass is 32.2. The van der Waals surface area contributed by atoms with Crippen molar-refractivity contribution in [3.8, 4) is 0 Å². The van der Waals surface area contributed by atoms with E-state index in [1.54, 1.807) is 16.8 Å². The van der Waals surface area contributed by atoms with Crippen molar-refractivity contribution in [2.75, 3.05) is 13.1 Å². The van der Waals surface area contributed by atoms with E-state index in [1.165, 1.54) is 4.31 Å². The van der Waals surface area contributed by atoms with Crippen molar-refractivity contribution in [3.05, 3.63) is 29.6 Å². The third-order valence-electron chi connectivity index (χ3n) is 3.40. The molecule has 1 aromatic rings.